The molecule has 0 spiro atoms. The molecule has 9 nitrogen and oxygen atoms in total. The molecule has 3 aromatic rings. The second-order valence-corrected chi connectivity index (χ2v) is 7.47. The van der Waals surface area contributed by atoms with E-state index < -0.39 is 0 Å². The SMILES string of the molecule is CNC(=S)Nc1ccc([C@H]2CN(c3nc(-c4ccncn4)cc(=O)n3C)CCO2)cc1. The summed E-state index contributed by atoms with van der Waals surface area (Å²) < 4.78 is 7.56. The summed E-state index contributed by atoms with van der Waals surface area (Å²) in [5, 5.41) is 6.55. The summed E-state index contributed by atoms with van der Waals surface area (Å²) in [4.78, 5) is 27.5. The zero-order chi connectivity index (χ0) is 21.8. The summed E-state index contributed by atoms with van der Waals surface area (Å²) in [7, 11) is 3.50. The molecule has 3 heterocycles. The highest BCUT2D eigenvalue weighted by Crippen LogP contribution is 2.26. The first-order chi connectivity index (χ1) is 15.0. The maximum atomic E-state index is 12.6. The zero-order valence-corrected chi connectivity index (χ0v) is 18.1. The number of thiocarbonyl (C=S) groups is 1. The van der Waals surface area contributed by atoms with Crippen LogP contribution < -0.4 is 21.1 Å². The molecule has 1 atom stereocenters. The number of nitrogens with zero attached hydrogens (tertiary/aromatic N) is 5. The monoisotopic (exact) mass is 437 g/mol. The van der Waals surface area contributed by atoms with Crippen LogP contribution in [0.15, 0.2) is 53.7 Å². The third-order valence-corrected chi connectivity index (χ3v) is 5.38. The molecule has 1 fully saturated rings. The normalized spacial score (nSPS) is 16.1. The Balaban J connectivity index is 1.57. The topological polar surface area (TPSA) is 97.2 Å². The van der Waals surface area contributed by atoms with Gasteiger partial charge < -0.3 is 20.3 Å². The van der Waals surface area contributed by atoms with Crippen molar-refractivity contribution < 1.29 is 4.74 Å². The lowest BCUT2D eigenvalue weighted by Crippen LogP contribution is -2.41. The van der Waals surface area contributed by atoms with Gasteiger partial charge in [-0.3, -0.25) is 9.36 Å². The van der Waals surface area contributed by atoms with Crippen LogP contribution >= 0.6 is 12.2 Å². The lowest BCUT2D eigenvalue weighted by atomic mass is 10.1. The zero-order valence-electron chi connectivity index (χ0n) is 17.3. The second-order valence-electron chi connectivity index (χ2n) is 7.06. The molecule has 0 amide bonds. The molecule has 0 bridgehead atoms. The summed E-state index contributed by atoms with van der Waals surface area (Å²) in [6, 6.07) is 11.2. The Bertz CT molecular complexity index is 1120. The van der Waals surface area contributed by atoms with E-state index in [0.717, 1.165) is 11.3 Å². The summed E-state index contributed by atoms with van der Waals surface area (Å²) >= 11 is 5.14. The molecule has 10 heteroatoms. The van der Waals surface area contributed by atoms with Gasteiger partial charge in [0.15, 0.2) is 5.11 Å². The van der Waals surface area contributed by atoms with E-state index in [-0.39, 0.29) is 11.7 Å². The number of morpholine rings is 1. The summed E-state index contributed by atoms with van der Waals surface area (Å²) in [5.41, 5.74) is 2.94. The maximum absolute atomic E-state index is 12.6. The van der Waals surface area contributed by atoms with Crippen LogP contribution in [-0.2, 0) is 11.8 Å². The van der Waals surface area contributed by atoms with Crippen LogP contribution in [0.5, 0.6) is 0 Å². The number of ether oxygens (including phenoxy) is 1. The molecular formula is C21H23N7O2S. The largest absolute Gasteiger partial charge is 0.370 e. The third-order valence-electron chi connectivity index (χ3n) is 5.07. The third kappa shape index (κ3) is 4.70. The van der Waals surface area contributed by atoms with E-state index in [9.17, 15) is 4.79 Å². The number of benzene rings is 1. The Morgan fingerprint density at radius 2 is 2.03 bits per heavy atom. The Labute approximate surface area is 185 Å². The molecule has 0 unspecified atom stereocenters. The number of hydrogen-bond donors (Lipinski definition) is 2. The molecule has 0 radical (unpaired) electrons. The highest BCUT2D eigenvalue weighted by molar-refractivity contribution is 7.80. The molecule has 0 saturated carbocycles. The number of rotatable bonds is 4. The first-order valence-electron chi connectivity index (χ1n) is 9.85. The standard InChI is InChI=1S/C21H23N7O2S/c1-22-20(31)25-15-5-3-14(4-6-15)18-12-28(9-10-30-18)21-26-17(11-19(29)27(21)2)16-7-8-23-13-24-16/h3-8,11,13,18H,9-10,12H2,1-2H3,(H2,22,25,31)/t18-/m1/s1. The second kappa shape index (κ2) is 9.19. The number of aromatic nitrogens is 4. The summed E-state index contributed by atoms with van der Waals surface area (Å²) in [6.07, 6.45) is 2.94. The highest BCUT2D eigenvalue weighted by Gasteiger charge is 2.25. The number of nitrogens with one attached hydrogen (secondary N) is 2. The highest BCUT2D eigenvalue weighted by atomic mass is 32.1. The fraction of sp³-hybridized carbons (Fsp3) is 0.286. The minimum Gasteiger partial charge on any atom is -0.370 e. The Morgan fingerprint density at radius 3 is 2.74 bits per heavy atom. The van der Waals surface area contributed by atoms with Crippen LogP contribution in [0.2, 0.25) is 0 Å². The van der Waals surface area contributed by atoms with Crippen LogP contribution in [0.3, 0.4) is 0 Å². The van der Waals surface area contributed by atoms with Gasteiger partial charge in [0.25, 0.3) is 5.56 Å². The molecule has 1 aliphatic heterocycles. The van der Waals surface area contributed by atoms with Crippen molar-refractivity contribution in [1.82, 2.24) is 24.8 Å². The fourth-order valence-corrected chi connectivity index (χ4v) is 3.51. The molecule has 160 valence electrons. The lowest BCUT2D eigenvalue weighted by Gasteiger charge is -2.34. The van der Waals surface area contributed by atoms with Gasteiger partial charge in [0, 0.05) is 38.6 Å². The van der Waals surface area contributed by atoms with Gasteiger partial charge in [-0.15, -0.1) is 0 Å². The Morgan fingerprint density at radius 1 is 1.23 bits per heavy atom. The lowest BCUT2D eigenvalue weighted by molar-refractivity contribution is 0.0390. The molecular weight excluding hydrogens is 414 g/mol. The minimum atomic E-state index is -0.141. The number of anilines is 2. The molecule has 0 aliphatic carbocycles. The molecule has 1 aromatic carbocycles. The molecule has 1 saturated heterocycles. The van der Waals surface area contributed by atoms with Crippen molar-refractivity contribution in [3.05, 3.63) is 64.8 Å². The van der Waals surface area contributed by atoms with Gasteiger partial charge in [0.1, 0.15) is 12.4 Å². The molecule has 31 heavy (non-hydrogen) atoms. The van der Waals surface area contributed by atoms with Gasteiger partial charge in [-0.05, 0) is 36.0 Å². The van der Waals surface area contributed by atoms with Gasteiger partial charge in [0.2, 0.25) is 5.95 Å². The Hall–Kier alpha value is -3.37. The molecule has 4 rings (SSSR count). The van der Waals surface area contributed by atoms with Gasteiger partial charge >= 0.3 is 0 Å². The van der Waals surface area contributed by atoms with Crippen LogP contribution in [-0.4, -0.2) is 51.4 Å². The van der Waals surface area contributed by atoms with Gasteiger partial charge in [-0.25, -0.2) is 15.0 Å². The van der Waals surface area contributed by atoms with E-state index in [1.165, 1.54) is 12.4 Å². The average Bonchev–Trinajstić information content (AvgIpc) is 2.82. The van der Waals surface area contributed by atoms with Crippen molar-refractivity contribution in [3.8, 4) is 11.4 Å². The van der Waals surface area contributed by atoms with E-state index in [4.69, 9.17) is 21.9 Å². The van der Waals surface area contributed by atoms with E-state index in [1.54, 1.807) is 30.9 Å². The average molecular weight is 438 g/mol. The van der Waals surface area contributed by atoms with Crippen LogP contribution in [0.1, 0.15) is 11.7 Å². The molecule has 1 aliphatic rings. The summed E-state index contributed by atoms with van der Waals surface area (Å²) in [5.74, 6) is 0.590. The smallest absolute Gasteiger partial charge is 0.255 e. The predicted molar refractivity (Wildman–Crippen MR) is 123 cm³/mol. The molecule has 2 aromatic heterocycles. The van der Waals surface area contributed by atoms with Crippen LogP contribution in [0.25, 0.3) is 11.4 Å². The van der Waals surface area contributed by atoms with Crippen molar-refractivity contribution >= 4 is 29.0 Å². The van der Waals surface area contributed by atoms with Gasteiger partial charge in [-0.2, -0.15) is 0 Å². The van der Waals surface area contributed by atoms with Crippen molar-refractivity contribution in [3.63, 3.8) is 0 Å². The first kappa shape index (κ1) is 20.9. The summed E-state index contributed by atoms with van der Waals surface area (Å²) in [6.45, 7) is 1.75. The van der Waals surface area contributed by atoms with Crippen molar-refractivity contribution in [1.29, 1.82) is 0 Å². The minimum absolute atomic E-state index is 0.140. The van der Waals surface area contributed by atoms with Gasteiger partial charge in [0.05, 0.1) is 24.5 Å². The van der Waals surface area contributed by atoms with E-state index in [1.807, 2.05) is 24.3 Å². The predicted octanol–water partition coefficient (Wildman–Crippen LogP) is 1.73. The van der Waals surface area contributed by atoms with E-state index >= 15 is 0 Å². The fourth-order valence-electron chi connectivity index (χ4n) is 3.39. The van der Waals surface area contributed by atoms with Crippen molar-refractivity contribution in [2.75, 3.05) is 37.0 Å². The maximum Gasteiger partial charge on any atom is 0.255 e. The number of hydrogen-bond acceptors (Lipinski definition) is 7. The van der Waals surface area contributed by atoms with E-state index in [2.05, 4.69) is 25.5 Å². The Kier molecular flexibility index (Phi) is 6.19. The first-order valence-corrected chi connectivity index (χ1v) is 10.3. The van der Waals surface area contributed by atoms with Crippen LogP contribution in [0.4, 0.5) is 11.6 Å². The van der Waals surface area contributed by atoms with Crippen LogP contribution in [0, 0.1) is 0 Å². The quantitative estimate of drug-likeness (QED) is 0.592. The van der Waals surface area contributed by atoms with Crippen molar-refractivity contribution in [2.24, 2.45) is 7.05 Å². The molecule has 2 N–H and O–H groups in total. The van der Waals surface area contributed by atoms with E-state index in [0.29, 0.717) is 42.1 Å². The van der Waals surface area contributed by atoms with Crippen molar-refractivity contribution in [2.45, 2.75) is 6.10 Å². The van der Waals surface area contributed by atoms with Gasteiger partial charge in [-0.1, -0.05) is 12.1 Å².